The first-order valence-corrected chi connectivity index (χ1v) is 15.8. The molecule has 1 aliphatic carbocycles. The molecule has 1 aromatic heterocycles. The number of nitrogens with zero attached hydrogens (tertiary/aromatic N) is 3. The van der Waals surface area contributed by atoms with Gasteiger partial charge in [0.25, 0.3) is 0 Å². The van der Waals surface area contributed by atoms with Gasteiger partial charge in [-0.2, -0.15) is 0 Å². The number of amides is 2. The highest BCUT2D eigenvalue weighted by molar-refractivity contribution is 7.15. The number of likely N-dealkylation sites (tertiary alicyclic amines) is 1. The lowest BCUT2D eigenvalue weighted by atomic mass is 9.70. The van der Waals surface area contributed by atoms with Gasteiger partial charge >= 0.3 is 6.03 Å². The van der Waals surface area contributed by atoms with Crippen LogP contribution in [0.2, 0.25) is 0 Å². The highest BCUT2D eigenvalue weighted by Gasteiger charge is 2.40. The van der Waals surface area contributed by atoms with E-state index in [1.807, 2.05) is 11.0 Å². The molecule has 6 nitrogen and oxygen atoms in total. The van der Waals surface area contributed by atoms with Gasteiger partial charge in [0.2, 0.25) is 0 Å². The van der Waals surface area contributed by atoms with Gasteiger partial charge in [-0.25, -0.2) is 14.2 Å². The number of aromatic nitrogens is 1. The first-order valence-electron chi connectivity index (χ1n) is 15.0. The number of rotatable bonds is 8. The zero-order valence-corrected chi connectivity index (χ0v) is 24.8. The van der Waals surface area contributed by atoms with E-state index in [1.165, 1.54) is 36.2 Å². The Morgan fingerprint density at radius 2 is 2.03 bits per heavy atom. The van der Waals surface area contributed by atoms with Crippen LogP contribution < -0.4 is 10.2 Å². The second-order valence-electron chi connectivity index (χ2n) is 12.4. The molecule has 2 N–H and O–H groups in total. The fraction of sp³-hybridized carbons (Fsp3) is 0.677. The molecule has 0 saturated carbocycles. The summed E-state index contributed by atoms with van der Waals surface area (Å²) < 4.78 is 14.4. The minimum absolute atomic E-state index is 0.101. The molecule has 4 unspecified atom stereocenters. The number of anilines is 2. The minimum atomic E-state index is -0.307. The zero-order valence-electron chi connectivity index (χ0n) is 24.0. The number of hydrogen-bond donors (Lipinski definition) is 2. The second-order valence-corrected chi connectivity index (χ2v) is 13.5. The van der Waals surface area contributed by atoms with Gasteiger partial charge in [0.1, 0.15) is 5.82 Å². The van der Waals surface area contributed by atoms with Gasteiger partial charge in [-0.05, 0) is 74.0 Å². The van der Waals surface area contributed by atoms with Crippen LogP contribution in [-0.2, 0) is 19.3 Å². The largest absolute Gasteiger partial charge is 0.393 e. The van der Waals surface area contributed by atoms with E-state index in [1.54, 1.807) is 12.1 Å². The first-order chi connectivity index (χ1) is 18.7. The third-order valence-electron chi connectivity index (χ3n) is 9.89. The number of aliphatic hydroxyl groups is 1. The summed E-state index contributed by atoms with van der Waals surface area (Å²) in [5.41, 5.74) is 3.63. The normalized spacial score (nSPS) is 23.7. The van der Waals surface area contributed by atoms with Gasteiger partial charge < -0.3 is 14.9 Å². The number of halogens is 1. The molecule has 0 radical (unpaired) electrons. The monoisotopic (exact) mass is 556 g/mol. The number of aliphatic hydroxyl groups excluding tert-OH is 1. The molecule has 8 heteroatoms. The maximum Gasteiger partial charge on any atom is 0.323 e. The van der Waals surface area contributed by atoms with Crippen molar-refractivity contribution in [3.63, 3.8) is 0 Å². The maximum atomic E-state index is 14.4. The number of urea groups is 1. The van der Waals surface area contributed by atoms with Crippen molar-refractivity contribution in [1.29, 1.82) is 0 Å². The second kappa shape index (κ2) is 11.7. The maximum absolute atomic E-state index is 14.4. The van der Waals surface area contributed by atoms with Crippen molar-refractivity contribution in [2.24, 2.45) is 11.3 Å². The van der Waals surface area contributed by atoms with E-state index in [2.05, 4.69) is 42.9 Å². The summed E-state index contributed by atoms with van der Waals surface area (Å²) in [6.07, 6.45) is 9.23. The lowest BCUT2D eigenvalue weighted by Crippen LogP contribution is -2.50. The van der Waals surface area contributed by atoms with Crippen molar-refractivity contribution in [3.8, 4) is 0 Å². The van der Waals surface area contributed by atoms with Crippen LogP contribution in [0.4, 0.5) is 20.0 Å². The fourth-order valence-corrected chi connectivity index (χ4v) is 8.22. The smallest absolute Gasteiger partial charge is 0.323 e. The van der Waals surface area contributed by atoms with Crippen LogP contribution in [0.25, 0.3) is 0 Å². The molecule has 2 aromatic rings. The van der Waals surface area contributed by atoms with Crippen LogP contribution in [0, 0.1) is 17.2 Å². The van der Waals surface area contributed by atoms with Crippen LogP contribution in [0.1, 0.15) is 88.8 Å². The molecule has 3 heterocycles. The molecule has 1 saturated heterocycles. The Balaban J connectivity index is 1.25. The summed E-state index contributed by atoms with van der Waals surface area (Å²) in [6.45, 7) is 10.8. The highest BCUT2D eigenvalue weighted by Crippen LogP contribution is 2.44. The number of thiazole rings is 1. The summed E-state index contributed by atoms with van der Waals surface area (Å²) >= 11 is 1.49. The molecule has 5 rings (SSSR count). The average Bonchev–Trinajstić information content (AvgIpc) is 3.48. The molecule has 4 atom stereocenters. The van der Waals surface area contributed by atoms with Crippen molar-refractivity contribution < 1.29 is 14.3 Å². The Hall–Kier alpha value is -2.19. The lowest BCUT2D eigenvalue weighted by molar-refractivity contribution is 0.151. The molecule has 0 spiro atoms. The van der Waals surface area contributed by atoms with Gasteiger partial charge in [-0.1, -0.05) is 46.6 Å². The van der Waals surface area contributed by atoms with Gasteiger partial charge in [-0.15, -0.1) is 11.3 Å². The molecule has 1 fully saturated rings. The molecule has 39 heavy (non-hydrogen) atoms. The average molecular weight is 557 g/mol. The number of fused-ring (bicyclic) bond motifs is 2. The molecular formula is C31H45FN4O2S. The first kappa shape index (κ1) is 28.3. The van der Waals surface area contributed by atoms with E-state index in [0.29, 0.717) is 48.1 Å². The van der Waals surface area contributed by atoms with Gasteiger partial charge in [0.15, 0.2) is 5.13 Å². The number of hydrogen-bond acceptors (Lipinski definition) is 5. The Bertz CT molecular complexity index is 1160. The van der Waals surface area contributed by atoms with Crippen molar-refractivity contribution in [2.45, 2.75) is 110 Å². The SMILES string of the molecule is CCCC(C)(CC)C(C)CC1Cc2ccc(F)cc2N1C1CCN(C(=O)Nc2nc3c(s2)CC(O)CC3)CC1. The minimum Gasteiger partial charge on any atom is -0.393 e. The van der Waals surface area contributed by atoms with Gasteiger partial charge in [0, 0.05) is 42.2 Å². The van der Waals surface area contributed by atoms with Crippen LogP contribution in [0.5, 0.6) is 0 Å². The molecular weight excluding hydrogens is 511 g/mol. The van der Waals surface area contributed by atoms with Crippen molar-refractivity contribution in [2.75, 3.05) is 23.3 Å². The standard InChI is InChI=1S/C31H45FN4O2S/c1-5-13-31(4,6-2)20(3)16-24-17-21-7-8-22(32)18-27(21)36(24)23-11-14-35(15-12-23)30(38)34-29-33-26-10-9-25(37)19-28(26)39-29/h7-8,18,20,23-25,37H,5-6,9-17,19H2,1-4H3,(H,33,34,38). The van der Waals surface area contributed by atoms with Crippen molar-refractivity contribution >= 4 is 28.2 Å². The Morgan fingerprint density at radius 3 is 2.74 bits per heavy atom. The van der Waals surface area contributed by atoms with E-state index in [-0.39, 0.29) is 18.0 Å². The van der Waals surface area contributed by atoms with E-state index >= 15 is 0 Å². The van der Waals surface area contributed by atoms with Crippen molar-refractivity contribution in [1.82, 2.24) is 9.88 Å². The Labute approximate surface area is 237 Å². The number of nitrogens with one attached hydrogen (secondary N) is 1. The Morgan fingerprint density at radius 1 is 1.26 bits per heavy atom. The molecule has 0 bridgehead atoms. The summed E-state index contributed by atoms with van der Waals surface area (Å²) in [5.74, 6) is 0.400. The fourth-order valence-electron chi connectivity index (χ4n) is 7.15. The number of carbonyl (C=O) groups excluding carboxylic acids is 1. The van der Waals surface area contributed by atoms with E-state index in [4.69, 9.17) is 0 Å². The predicted molar refractivity (Wildman–Crippen MR) is 157 cm³/mol. The van der Waals surface area contributed by atoms with Crippen LogP contribution >= 0.6 is 11.3 Å². The topological polar surface area (TPSA) is 68.7 Å². The van der Waals surface area contributed by atoms with Gasteiger partial charge in [-0.3, -0.25) is 5.32 Å². The Kier molecular flexibility index (Phi) is 8.53. The zero-order chi connectivity index (χ0) is 27.7. The number of carbonyl (C=O) groups is 1. The summed E-state index contributed by atoms with van der Waals surface area (Å²) in [4.78, 5) is 23.2. The molecule has 214 valence electrons. The summed E-state index contributed by atoms with van der Waals surface area (Å²) in [5, 5.41) is 13.6. The molecule has 2 amide bonds. The van der Waals surface area contributed by atoms with E-state index in [9.17, 15) is 14.3 Å². The van der Waals surface area contributed by atoms with E-state index < -0.39 is 0 Å². The number of aryl methyl sites for hydroxylation is 1. The van der Waals surface area contributed by atoms with E-state index in [0.717, 1.165) is 54.8 Å². The molecule has 3 aliphatic rings. The van der Waals surface area contributed by atoms with Gasteiger partial charge in [0.05, 0.1) is 11.8 Å². The van der Waals surface area contributed by atoms with Crippen LogP contribution in [-0.4, -0.2) is 52.3 Å². The van der Waals surface area contributed by atoms with Crippen molar-refractivity contribution in [3.05, 3.63) is 40.2 Å². The molecule has 1 aromatic carbocycles. The quantitative estimate of drug-likeness (QED) is 0.375. The summed E-state index contributed by atoms with van der Waals surface area (Å²) in [6, 6.07) is 5.86. The van der Waals surface area contributed by atoms with Crippen LogP contribution in [0.3, 0.4) is 0 Å². The summed E-state index contributed by atoms with van der Waals surface area (Å²) in [7, 11) is 0. The van der Waals surface area contributed by atoms with Crippen LogP contribution in [0.15, 0.2) is 18.2 Å². The third-order valence-corrected chi connectivity index (χ3v) is 10.9. The highest BCUT2D eigenvalue weighted by atomic mass is 32.1. The number of piperidine rings is 1. The lowest BCUT2D eigenvalue weighted by Gasteiger charge is -2.43. The number of benzene rings is 1. The third kappa shape index (κ3) is 5.97. The predicted octanol–water partition coefficient (Wildman–Crippen LogP) is 6.80. The molecule has 2 aliphatic heterocycles.